The molecule has 0 radical (unpaired) electrons. The smallest absolute Gasteiger partial charge is 0.194 e. The van der Waals surface area contributed by atoms with E-state index in [1.54, 1.807) is 30.3 Å². The average molecular weight is 235 g/mol. The molecule has 0 saturated carbocycles. The molecule has 0 bridgehead atoms. The Kier molecular flexibility index (Phi) is 3.02. The summed E-state index contributed by atoms with van der Waals surface area (Å²) in [4.78, 5) is 12.0. The van der Waals surface area contributed by atoms with Crippen LogP contribution in [0.15, 0.2) is 48.5 Å². The fraction of sp³-hybridized carbons (Fsp3) is 0. The predicted octanol–water partition coefficient (Wildman–Crippen LogP) is 3.71. The number of carbonyl (C=O) groups is 1. The maximum atomic E-state index is 13.0. The van der Waals surface area contributed by atoms with Gasteiger partial charge in [-0.15, -0.1) is 0 Å². The molecule has 16 heavy (non-hydrogen) atoms. The van der Waals surface area contributed by atoms with Crippen molar-refractivity contribution in [3.8, 4) is 0 Å². The first kappa shape index (κ1) is 10.8. The van der Waals surface area contributed by atoms with Gasteiger partial charge in [-0.1, -0.05) is 35.9 Å². The van der Waals surface area contributed by atoms with Crippen LogP contribution >= 0.6 is 11.6 Å². The van der Waals surface area contributed by atoms with Crippen LogP contribution < -0.4 is 0 Å². The molecule has 0 fully saturated rings. The van der Waals surface area contributed by atoms with Crippen molar-refractivity contribution in [1.82, 2.24) is 0 Å². The van der Waals surface area contributed by atoms with Gasteiger partial charge in [-0.3, -0.25) is 4.79 Å². The highest BCUT2D eigenvalue weighted by atomic mass is 35.5. The average Bonchev–Trinajstić information content (AvgIpc) is 2.29. The molecule has 0 saturated heterocycles. The number of carbonyl (C=O) groups excluding carboxylic acids is 1. The fourth-order valence-electron chi connectivity index (χ4n) is 1.43. The molecule has 0 aliphatic rings. The lowest BCUT2D eigenvalue weighted by Gasteiger charge is -2.03. The van der Waals surface area contributed by atoms with Crippen LogP contribution in [0.2, 0.25) is 5.02 Å². The minimum absolute atomic E-state index is 0.273. The van der Waals surface area contributed by atoms with Gasteiger partial charge in [0.25, 0.3) is 0 Å². The Balaban J connectivity index is 2.44. The summed E-state index contributed by atoms with van der Waals surface area (Å²) in [5.74, 6) is -0.706. The summed E-state index contributed by atoms with van der Waals surface area (Å²) in [7, 11) is 0. The normalized spacial score (nSPS) is 10.1. The minimum Gasteiger partial charge on any atom is -0.289 e. The molecule has 1 nitrogen and oxygen atoms in total. The second-order valence-corrected chi connectivity index (χ2v) is 3.73. The lowest BCUT2D eigenvalue weighted by atomic mass is 10.0. The van der Waals surface area contributed by atoms with Crippen molar-refractivity contribution in [2.75, 3.05) is 0 Å². The minimum atomic E-state index is -0.432. The molecule has 0 amide bonds. The molecule has 3 heteroatoms. The molecule has 0 aliphatic carbocycles. The van der Waals surface area contributed by atoms with E-state index in [2.05, 4.69) is 0 Å². The van der Waals surface area contributed by atoms with Crippen LogP contribution in [-0.4, -0.2) is 5.78 Å². The SMILES string of the molecule is O=C(c1cccc(F)c1)c1ccccc1Cl. The monoisotopic (exact) mass is 234 g/mol. The quantitative estimate of drug-likeness (QED) is 0.724. The topological polar surface area (TPSA) is 17.1 Å². The van der Waals surface area contributed by atoms with E-state index in [0.717, 1.165) is 0 Å². The van der Waals surface area contributed by atoms with E-state index in [1.165, 1.54) is 18.2 Å². The molecule has 2 aromatic carbocycles. The first-order chi connectivity index (χ1) is 7.68. The molecule has 2 aromatic rings. The molecular formula is C13H8ClFO. The van der Waals surface area contributed by atoms with E-state index in [1.807, 2.05) is 0 Å². The van der Waals surface area contributed by atoms with Gasteiger partial charge in [-0.05, 0) is 24.3 Å². The van der Waals surface area contributed by atoms with Crippen LogP contribution in [0.1, 0.15) is 15.9 Å². The van der Waals surface area contributed by atoms with Crippen LogP contribution in [0.25, 0.3) is 0 Å². The molecule has 0 unspecified atom stereocenters. The number of hydrogen-bond acceptors (Lipinski definition) is 1. The van der Waals surface area contributed by atoms with Crippen molar-refractivity contribution in [1.29, 1.82) is 0 Å². The van der Waals surface area contributed by atoms with E-state index in [-0.39, 0.29) is 5.78 Å². The second kappa shape index (κ2) is 4.45. The van der Waals surface area contributed by atoms with Crippen molar-refractivity contribution in [2.45, 2.75) is 0 Å². The number of rotatable bonds is 2. The molecule has 0 aromatic heterocycles. The highest BCUT2D eigenvalue weighted by Crippen LogP contribution is 2.19. The first-order valence-electron chi connectivity index (χ1n) is 4.73. The third kappa shape index (κ3) is 2.12. The van der Waals surface area contributed by atoms with Crippen molar-refractivity contribution in [2.24, 2.45) is 0 Å². The van der Waals surface area contributed by atoms with E-state index < -0.39 is 5.82 Å². The van der Waals surface area contributed by atoms with E-state index >= 15 is 0 Å². The summed E-state index contributed by atoms with van der Waals surface area (Å²) in [5, 5.41) is 0.372. The molecule has 80 valence electrons. The Morgan fingerprint density at radius 3 is 2.50 bits per heavy atom. The molecule has 0 spiro atoms. The summed E-state index contributed by atoms with van der Waals surface area (Å²) in [5.41, 5.74) is 0.683. The molecular weight excluding hydrogens is 227 g/mol. The molecule has 0 N–H and O–H groups in total. The summed E-state index contributed by atoms with van der Waals surface area (Å²) >= 11 is 5.89. The van der Waals surface area contributed by atoms with Gasteiger partial charge in [0.1, 0.15) is 5.82 Å². The maximum absolute atomic E-state index is 13.0. The van der Waals surface area contributed by atoms with Gasteiger partial charge in [-0.2, -0.15) is 0 Å². The van der Waals surface area contributed by atoms with Crippen LogP contribution in [0.3, 0.4) is 0 Å². The molecule has 0 aliphatic heterocycles. The van der Waals surface area contributed by atoms with Crippen LogP contribution in [-0.2, 0) is 0 Å². The summed E-state index contributed by atoms with van der Waals surface area (Å²) in [6.07, 6.45) is 0. The molecule has 2 rings (SSSR count). The number of halogens is 2. The van der Waals surface area contributed by atoms with E-state index in [9.17, 15) is 9.18 Å². The summed E-state index contributed by atoms with van der Waals surface area (Å²) in [6, 6.07) is 12.3. The molecule has 0 atom stereocenters. The number of ketones is 1. The van der Waals surface area contributed by atoms with E-state index in [4.69, 9.17) is 11.6 Å². The number of benzene rings is 2. The first-order valence-corrected chi connectivity index (χ1v) is 5.11. The Labute approximate surface area is 97.5 Å². The van der Waals surface area contributed by atoms with Crippen molar-refractivity contribution in [3.05, 3.63) is 70.5 Å². The van der Waals surface area contributed by atoms with Crippen LogP contribution in [0.5, 0.6) is 0 Å². The van der Waals surface area contributed by atoms with Crippen molar-refractivity contribution >= 4 is 17.4 Å². The van der Waals surface area contributed by atoms with Gasteiger partial charge >= 0.3 is 0 Å². The van der Waals surface area contributed by atoms with Crippen LogP contribution in [0, 0.1) is 5.82 Å². The van der Waals surface area contributed by atoms with Gasteiger partial charge in [0.2, 0.25) is 0 Å². The van der Waals surface area contributed by atoms with E-state index in [0.29, 0.717) is 16.1 Å². The largest absolute Gasteiger partial charge is 0.289 e. The second-order valence-electron chi connectivity index (χ2n) is 3.32. The van der Waals surface area contributed by atoms with Gasteiger partial charge in [-0.25, -0.2) is 4.39 Å². The fourth-order valence-corrected chi connectivity index (χ4v) is 1.65. The lowest BCUT2D eigenvalue weighted by Crippen LogP contribution is -2.02. The highest BCUT2D eigenvalue weighted by molar-refractivity contribution is 6.34. The zero-order chi connectivity index (χ0) is 11.5. The zero-order valence-corrected chi connectivity index (χ0v) is 9.04. The lowest BCUT2D eigenvalue weighted by molar-refractivity contribution is 0.103. The Hall–Kier alpha value is -1.67. The highest BCUT2D eigenvalue weighted by Gasteiger charge is 2.12. The van der Waals surface area contributed by atoms with Gasteiger partial charge in [0, 0.05) is 11.1 Å². The van der Waals surface area contributed by atoms with Gasteiger partial charge in [0.05, 0.1) is 5.02 Å². The Bertz CT molecular complexity index is 537. The van der Waals surface area contributed by atoms with Crippen LogP contribution in [0.4, 0.5) is 4.39 Å². The Morgan fingerprint density at radius 2 is 1.81 bits per heavy atom. The zero-order valence-electron chi connectivity index (χ0n) is 8.28. The maximum Gasteiger partial charge on any atom is 0.194 e. The molecule has 0 heterocycles. The predicted molar refractivity (Wildman–Crippen MR) is 61.3 cm³/mol. The third-order valence-electron chi connectivity index (χ3n) is 2.21. The summed E-state index contributed by atoms with van der Waals surface area (Å²) < 4.78 is 13.0. The summed E-state index contributed by atoms with van der Waals surface area (Å²) in [6.45, 7) is 0. The van der Waals surface area contributed by atoms with Gasteiger partial charge < -0.3 is 0 Å². The van der Waals surface area contributed by atoms with Gasteiger partial charge in [0.15, 0.2) is 5.78 Å². The standard InChI is InChI=1S/C13H8ClFO/c14-12-7-2-1-6-11(12)13(16)9-4-3-5-10(15)8-9/h1-8H. The van der Waals surface area contributed by atoms with Crippen molar-refractivity contribution < 1.29 is 9.18 Å². The van der Waals surface area contributed by atoms with Crippen molar-refractivity contribution in [3.63, 3.8) is 0 Å². The number of hydrogen-bond donors (Lipinski definition) is 0. The third-order valence-corrected chi connectivity index (χ3v) is 2.53. The Morgan fingerprint density at radius 1 is 1.06 bits per heavy atom.